The maximum absolute atomic E-state index is 12.8. The van der Waals surface area contributed by atoms with Crippen LogP contribution in [0.25, 0.3) is 0 Å². The second-order valence-corrected chi connectivity index (χ2v) is 29.4. The number of allylic oxidation sites excluding steroid dienone is 12. The Labute approximate surface area is 590 Å². The van der Waals surface area contributed by atoms with Gasteiger partial charge in [0.05, 0.1) is 13.2 Å². The van der Waals surface area contributed by atoms with Gasteiger partial charge < -0.3 is 20.1 Å². The van der Waals surface area contributed by atoms with Crippen LogP contribution in [0.15, 0.2) is 72.9 Å². The number of hydrogen-bond acceptors (Lipinski definition) is 8. The van der Waals surface area contributed by atoms with E-state index in [1.165, 1.54) is 321 Å². The highest BCUT2D eigenvalue weighted by molar-refractivity contribution is 7.47. The number of ether oxygens (including phenoxy) is 2. The first kappa shape index (κ1) is 92.4. The SMILES string of the molecule is CC/C=C\C/C=C\C/C=C\C/C=C\C/C=C\C/C=C\CCCCCCCCCCCCCCCCCCCCCCCCC(=O)OC(COC(=O)CCCCCCCCCCCCCCCCCCCCCCCCCCCCCCCCCCC)COP(=O)(O)OCCN. The molecule has 2 atom stereocenters. The third kappa shape index (κ3) is 80.3. The molecule has 0 amide bonds. The third-order valence-electron chi connectivity index (χ3n) is 18.6. The van der Waals surface area contributed by atoms with Gasteiger partial charge in [-0.3, -0.25) is 18.6 Å². The van der Waals surface area contributed by atoms with Crippen molar-refractivity contribution >= 4 is 19.8 Å². The van der Waals surface area contributed by atoms with Crippen LogP contribution in [-0.2, 0) is 32.7 Å². The molecule has 2 unspecified atom stereocenters. The molecule has 3 N–H and O–H groups in total. The van der Waals surface area contributed by atoms with Crippen LogP contribution in [0.2, 0.25) is 0 Å². The van der Waals surface area contributed by atoms with Gasteiger partial charge >= 0.3 is 19.8 Å². The number of esters is 2. The minimum Gasteiger partial charge on any atom is -0.462 e. The lowest BCUT2D eigenvalue weighted by Crippen LogP contribution is -2.29. The zero-order valence-electron chi connectivity index (χ0n) is 62.9. The van der Waals surface area contributed by atoms with Gasteiger partial charge in [0, 0.05) is 19.4 Å². The van der Waals surface area contributed by atoms with Gasteiger partial charge in [-0.1, -0.05) is 421 Å². The van der Waals surface area contributed by atoms with Crippen molar-refractivity contribution in [2.24, 2.45) is 5.73 Å². The highest BCUT2D eigenvalue weighted by atomic mass is 31.2. The van der Waals surface area contributed by atoms with Gasteiger partial charge in [-0.2, -0.15) is 0 Å². The molecule has 10 heteroatoms. The zero-order chi connectivity index (χ0) is 68.6. The molecule has 0 spiro atoms. The van der Waals surface area contributed by atoms with E-state index < -0.39 is 26.5 Å². The summed E-state index contributed by atoms with van der Waals surface area (Å²) in [5.74, 6) is -0.802. The van der Waals surface area contributed by atoms with E-state index in [0.717, 1.165) is 70.6 Å². The molecular weight excluding hydrogens is 1190 g/mol. The van der Waals surface area contributed by atoms with Crippen LogP contribution in [0, 0.1) is 0 Å². The predicted octanol–water partition coefficient (Wildman–Crippen LogP) is 27.9. The van der Waals surface area contributed by atoms with Crippen molar-refractivity contribution in [3.05, 3.63) is 72.9 Å². The lowest BCUT2D eigenvalue weighted by Gasteiger charge is -2.19. The number of phosphoric acid groups is 1. The number of unbranched alkanes of at least 4 members (excludes halogenated alkanes) is 54. The van der Waals surface area contributed by atoms with Crippen molar-refractivity contribution in [3.8, 4) is 0 Å². The summed E-state index contributed by atoms with van der Waals surface area (Å²) in [5, 5.41) is 0. The zero-order valence-corrected chi connectivity index (χ0v) is 63.8. The molecule has 0 aliphatic heterocycles. The Morgan fingerprint density at radius 3 is 0.863 bits per heavy atom. The molecule has 0 bridgehead atoms. The first-order valence-electron chi connectivity index (χ1n) is 41.4. The Kier molecular flexibility index (Phi) is 78.3. The van der Waals surface area contributed by atoms with Crippen LogP contribution in [0.4, 0.5) is 0 Å². The summed E-state index contributed by atoms with van der Waals surface area (Å²) in [4.78, 5) is 35.5. The predicted molar refractivity (Wildman–Crippen MR) is 413 cm³/mol. The lowest BCUT2D eigenvalue weighted by molar-refractivity contribution is -0.161. The van der Waals surface area contributed by atoms with Crippen LogP contribution >= 0.6 is 7.82 Å². The number of carbonyl (C=O) groups is 2. The summed E-state index contributed by atoms with van der Waals surface area (Å²) in [6.07, 6.45) is 108. The fourth-order valence-electron chi connectivity index (χ4n) is 12.5. The normalized spacial score (nSPS) is 13.2. The second-order valence-electron chi connectivity index (χ2n) is 28.0. The molecule has 0 saturated carbocycles. The van der Waals surface area contributed by atoms with E-state index in [0.29, 0.717) is 6.42 Å². The molecule has 0 aromatic carbocycles. The highest BCUT2D eigenvalue weighted by Crippen LogP contribution is 2.43. The molecule has 0 heterocycles. The summed E-state index contributed by atoms with van der Waals surface area (Å²) >= 11 is 0. The Hall–Kier alpha value is -2.55. The number of rotatable bonds is 79. The molecule has 0 aliphatic rings. The standard InChI is InChI=1S/C85H158NO8P/c1-3-5-7-9-11-13-15-17-19-21-23-25-27-29-31-33-35-37-38-39-40-41-42-43-44-46-48-50-52-54-56-58-60-62-64-66-68-70-72-74-76-78-85(88)94-83(82-93-95(89,90)92-80-79-86)81-91-84(87)77-75-73-71-69-67-65-63-61-59-57-55-53-51-49-47-45-36-34-32-30-28-26-24-22-20-18-16-14-12-10-8-6-4-2/h5,7,11,13,17,19,23,25,29,31,35,37,83H,3-4,6,8-10,12,14-16,18,20-22,24,26-28,30,32-34,36,38-82,86H2,1-2H3,(H,89,90)/b7-5-,13-11-,19-17-,25-23-,31-29-,37-35-. The van der Waals surface area contributed by atoms with Crippen LogP contribution in [0.1, 0.15) is 425 Å². The van der Waals surface area contributed by atoms with Crippen molar-refractivity contribution in [2.45, 2.75) is 431 Å². The van der Waals surface area contributed by atoms with Crippen LogP contribution in [0.5, 0.6) is 0 Å². The van der Waals surface area contributed by atoms with Gasteiger partial charge in [0.25, 0.3) is 0 Å². The largest absolute Gasteiger partial charge is 0.472 e. The minimum absolute atomic E-state index is 0.0555. The Morgan fingerprint density at radius 1 is 0.326 bits per heavy atom. The fourth-order valence-corrected chi connectivity index (χ4v) is 13.3. The van der Waals surface area contributed by atoms with E-state index in [4.69, 9.17) is 24.3 Å². The van der Waals surface area contributed by atoms with Gasteiger partial charge in [0.2, 0.25) is 0 Å². The van der Waals surface area contributed by atoms with E-state index in [1.807, 2.05) is 0 Å². The van der Waals surface area contributed by atoms with Gasteiger partial charge in [0.15, 0.2) is 6.10 Å². The van der Waals surface area contributed by atoms with Crippen molar-refractivity contribution in [1.29, 1.82) is 0 Å². The minimum atomic E-state index is -4.40. The van der Waals surface area contributed by atoms with Crippen LogP contribution < -0.4 is 5.73 Å². The van der Waals surface area contributed by atoms with Gasteiger partial charge in [-0.15, -0.1) is 0 Å². The Bertz CT molecular complexity index is 1790. The molecule has 9 nitrogen and oxygen atoms in total. The summed E-state index contributed by atoms with van der Waals surface area (Å²) in [5.41, 5.74) is 5.42. The molecule has 0 aliphatic carbocycles. The van der Waals surface area contributed by atoms with E-state index in [9.17, 15) is 19.0 Å². The maximum Gasteiger partial charge on any atom is 0.472 e. The van der Waals surface area contributed by atoms with Crippen molar-refractivity contribution < 1.29 is 37.6 Å². The maximum atomic E-state index is 12.8. The average Bonchev–Trinajstić information content (AvgIpc) is 2.75. The number of carbonyl (C=O) groups excluding carboxylic acids is 2. The molecule has 0 aromatic rings. The van der Waals surface area contributed by atoms with Crippen molar-refractivity contribution in [1.82, 2.24) is 0 Å². The molecule has 0 radical (unpaired) electrons. The van der Waals surface area contributed by atoms with E-state index in [2.05, 4.69) is 86.8 Å². The van der Waals surface area contributed by atoms with Crippen LogP contribution in [0.3, 0.4) is 0 Å². The molecule has 0 saturated heterocycles. The smallest absolute Gasteiger partial charge is 0.462 e. The highest BCUT2D eigenvalue weighted by Gasteiger charge is 2.26. The summed E-state index contributed by atoms with van der Waals surface area (Å²) < 4.78 is 33.3. The molecule has 556 valence electrons. The molecule has 0 rings (SSSR count). The number of phosphoric ester groups is 1. The number of hydrogen-bond donors (Lipinski definition) is 2. The topological polar surface area (TPSA) is 134 Å². The molecule has 0 aromatic heterocycles. The van der Waals surface area contributed by atoms with Gasteiger partial charge in [-0.25, -0.2) is 4.57 Å². The van der Waals surface area contributed by atoms with Gasteiger partial charge in [0.1, 0.15) is 6.61 Å². The lowest BCUT2D eigenvalue weighted by atomic mass is 10.0. The summed E-state index contributed by atoms with van der Waals surface area (Å²) in [6, 6.07) is 0. The van der Waals surface area contributed by atoms with E-state index in [1.54, 1.807) is 0 Å². The Morgan fingerprint density at radius 2 is 0.579 bits per heavy atom. The van der Waals surface area contributed by atoms with Gasteiger partial charge in [-0.05, 0) is 64.2 Å². The monoisotopic (exact) mass is 1350 g/mol. The number of nitrogens with two attached hydrogens (primary N) is 1. The molecular formula is C85H158NO8P. The quantitative estimate of drug-likeness (QED) is 0.0264. The van der Waals surface area contributed by atoms with Crippen LogP contribution in [-0.4, -0.2) is 49.3 Å². The van der Waals surface area contributed by atoms with Crippen molar-refractivity contribution in [2.75, 3.05) is 26.4 Å². The summed E-state index contributed by atoms with van der Waals surface area (Å²) in [7, 11) is -4.40. The molecule has 95 heavy (non-hydrogen) atoms. The average molecular weight is 1350 g/mol. The first-order valence-corrected chi connectivity index (χ1v) is 42.9. The van der Waals surface area contributed by atoms with E-state index >= 15 is 0 Å². The third-order valence-corrected chi connectivity index (χ3v) is 19.6. The Balaban J connectivity index is 3.75. The summed E-state index contributed by atoms with van der Waals surface area (Å²) in [6.45, 7) is 3.71. The molecule has 0 fully saturated rings. The fraction of sp³-hybridized carbons (Fsp3) is 0.835. The van der Waals surface area contributed by atoms with Crippen molar-refractivity contribution in [3.63, 3.8) is 0 Å². The van der Waals surface area contributed by atoms with E-state index in [-0.39, 0.29) is 38.6 Å². The first-order chi connectivity index (χ1) is 46.8. The second kappa shape index (κ2) is 80.4.